The standard InChI is InChI=1S/C40H40N4/c1-5-27(3)31-19-23-37-35(25-31)36-26-32(28(4)6-2)20-24-38(36)43(37)34-21-17-30(18-22-34)40-42-41-39(29-13-9-7-10-14-29)44(40)33-15-11-8-12-16-33/h7-13,15-29H,5-6,14H2,1-4H3. The summed E-state index contributed by atoms with van der Waals surface area (Å²) in [6.07, 6.45) is 11.8. The average molecular weight is 577 g/mol. The van der Waals surface area contributed by atoms with Gasteiger partial charge in [-0.15, -0.1) is 10.2 Å². The molecule has 0 aliphatic heterocycles. The van der Waals surface area contributed by atoms with Crippen LogP contribution in [-0.4, -0.2) is 19.3 Å². The van der Waals surface area contributed by atoms with Crippen LogP contribution in [0.15, 0.2) is 115 Å². The van der Waals surface area contributed by atoms with Crippen LogP contribution in [-0.2, 0) is 0 Å². The lowest BCUT2D eigenvalue weighted by Gasteiger charge is -2.16. The van der Waals surface area contributed by atoms with Crippen LogP contribution >= 0.6 is 0 Å². The number of fused-ring (bicyclic) bond motifs is 3. The Labute approximate surface area is 260 Å². The van der Waals surface area contributed by atoms with Gasteiger partial charge >= 0.3 is 0 Å². The molecule has 3 unspecified atom stereocenters. The fourth-order valence-electron chi connectivity index (χ4n) is 6.51. The summed E-state index contributed by atoms with van der Waals surface area (Å²) in [6.45, 7) is 9.19. The monoisotopic (exact) mass is 576 g/mol. The summed E-state index contributed by atoms with van der Waals surface area (Å²) in [5, 5.41) is 12.1. The summed E-state index contributed by atoms with van der Waals surface area (Å²) < 4.78 is 4.64. The van der Waals surface area contributed by atoms with Crippen molar-refractivity contribution in [3.05, 3.63) is 132 Å². The first kappa shape index (κ1) is 28.1. The van der Waals surface area contributed by atoms with E-state index < -0.39 is 0 Å². The molecule has 1 aliphatic carbocycles. The van der Waals surface area contributed by atoms with Gasteiger partial charge in [0.2, 0.25) is 0 Å². The van der Waals surface area contributed by atoms with Crippen LogP contribution in [0.4, 0.5) is 0 Å². The second-order valence-electron chi connectivity index (χ2n) is 12.3. The molecule has 6 aromatic rings. The van der Waals surface area contributed by atoms with Crippen LogP contribution in [0, 0.1) is 0 Å². The molecule has 0 amide bonds. The lowest BCUT2D eigenvalue weighted by molar-refractivity contribution is 0.734. The minimum atomic E-state index is 0.193. The highest BCUT2D eigenvalue weighted by Gasteiger charge is 2.22. The van der Waals surface area contributed by atoms with Crippen molar-refractivity contribution in [1.82, 2.24) is 19.3 Å². The fraction of sp³-hybridized carbons (Fsp3) is 0.250. The van der Waals surface area contributed by atoms with E-state index in [-0.39, 0.29) is 5.92 Å². The van der Waals surface area contributed by atoms with Gasteiger partial charge in [-0.1, -0.05) is 82.3 Å². The summed E-state index contributed by atoms with van der Waals surface area (Å²) in [5.74, 6) is 3.08. The van der Waals surface area contributed by atoms with E-state index >= 15 is 0 Å². The number of aromatic nitrogens is 4. The zero-order chi connectivity index (χ0) is 30.2. The SMILES string of the molecule is CCC(C)c1ccc2c(c1)c1cc(C(C)CC)ccc1n2-c1ccc(-c2nnc(C3C=CC=CC3)n2-c2ccccc2)cc1. The Morgan fingerprint density at radius 1 is 0.682 bits per heavy atom. The van der Waals surface area contributed by atoms with Crippen molar-refractivity contribution >= 4 is 21.8 Å². The predicted octanol–water partition coefficient (Wildman–Crippen LogP) is 10.7. The number of nitrogens with zero attached hydrogens (tertiary/aromatic N) is 4. The first-order valence-corrected chi connectivity index (χ1v) is 16.1. The van der Waals surface area contributed by atoms with E-state index in [0.717, 1.165) is 47.8 Å². The Kier molecular flexibility index (Phi) is 7.51. The second kappa shape index (κ2) is 11.8. The van der Waals surface area contributed by atoms with Crippen molar-refractivity contribution in [2.24, 2.45) is 0 Å². The molecule has 0 N–H and O–H groups in total. The van der Waals surface area contributed by atoms with Crippen LogP contribution in [0.2, 0.25) is 0 Å². The van der Waals surface area contributed by atoms with Crippen LogP contribution in [0.1, 0.15) is 81.7 Å². The van der Waals surface area contributed by atoms with Crippen molar-refractivity contribution < 1.29 is 0 Å². The Morgan fingerprint density at radius 3 is 1.86 bits per heavy atom. The summed E-state index contributed by atoms with van der Waals surface area (Å²) in [6, 6.07) is 33.4. The van der Waals surface area contributed by atoms with E-state index in [4.69, 9.17) is 10.2 Å². The molecule has 7 rings (SSSR count). The van der Waals surface area contributed by atoms with Crippen LogP contribution in [0.25, 0.3) is 44.6 Å². The third-order valence-electron chi connectivity index (χ3n) is 9.57. The van der Waals surface area contributed by atoms with Crippen LogP contribution in [0.5, 0.6) is 0 Å². The van der Waals surface area contributed by atoms with Gasteiger partial charge in [0.05, 0.1) is 11.0 Å². The van der Waals surface area contributed by atoms with Gasteiger partial charge in [-0.3, -0.25) is 4.57 Å². The number of hydrogen-bond acceptors (Lipinski definition) is 2. The maximum Gasteiger partial charge on any atom is 0.168 e. The van der Waals surface area contributed by atoms with E-state index in [0.29, 0.717) is 11.8 Å². The highest BCUT2D eigenvalue weighted by Crippen LogP contribution is 2.37. The zero-order valence-corrected chi connectivity index (χ0v) is 26.1. The van der Waals surface area contributed by atoms with E-state index in [1.54, 1.807) is 0 Å². The Balaban J connectivity index is 1.36. The number of allylic oxidation sites excluding steroid dienone is 4. The van der Waals surface area contributed by atoms with Crippen LogP contribution in [0.3, 0.4) is 0 Å². The van der Waals surface area contributed by atoms with Gasteiger partial charge in [-0.25, -0.2) is 0 Å². The Morgan fingerprint density at radius 2 is 1.30 bits per heavy atom. The molecule has 0 saturated carbocycles. The zero-order valence-electron chi connectivity index (χ0n) is 26.1. The van der Waals surface area contributed by atoms with Crippen LogP contribution < -0.4 is 0 Å². The topological polar surface area (TPSA) is 35.6 Å². The van der Waals surface area contributed by atoms with Crippen molar-refractivity contribution in [2.75, 3.05) is 0 Å². The third kappa shape index (κ3) is 4.89. The van der Waals surface area contributed by atoms with E-state index in [1.165, 1.54) is 32.9 Å². The number of hydrogen-bond donors (Lipinski definition) is 0. The molecule has 0 fully saturated rings. The van der Waals surface area contributed by atoms with Crippen molar-refractivity contribution in [3.8, 4) is 22.8 Å². The summed E-state index contributed by atoms with van der Waals surface area (Å²) in [4.78, 5) is 0. The van der Waals surface area contributed by atoms with Gasteiger partial charge in [-0.2, -0.15) is 0 Å². The molecule has 2 aromatic heterocycles. The molecule has 4 heteroatoms. The lowest BCUT2D eigenvalue weighted by atomic mass is 9.95. The van der Waals surface area contributed by atoms with Gasteiger partial charge in [0.1, 0.15) is 5.82 Å². The van der Waals surface area contributed by atoms with Crippen molar-refractivity contribution in [3.63, 3.8) is 0 Å². The molecule has 3 atom stereocenters. The number of benzene rings is 4. The smallest absolute Gasteiger partial charge is 0.168 e. The summed E-state index contributed by atoms with van der Waals surface area (Å²) in [5.41, 5.74) is 8.57. The Hall–Kier alpha value is -4.70. The average Bonchev–Trinajstić information content (AvgIpc) is 3.68. The highest BCUT2D eigenvalue weighted by molar-refractivity contribution is 6.09. The quantitative estimate of drug-likeness (QED) is 0.181. The second-order valence-corrected chi connectivity index (χ2v) is 12.3. The number of rotatable bonds is 8. The van der Waals surface area contributed by atoms with Gasteiger partial charge in [0.15, 0.2) is 5.82 Å². The highest BCUT2D eigenvalue weighted by atomic mass is 15.3. The van der Waals surface area contributed by atoms with Crippen molar-refractivity contribution in [2.45, 2.75) is 64.7 Å². The van der Waals surface area contributed by atoms with Gasteiger partial charge in [0.25, 0.3) is 0 Å². The Bertz CT molecular complexity index is 1920. The largest absolute Gasteiger partial charge is 0.309 e. The molecule has 0 spiro atoms. The van der Waals surface area contributed by atoms with Crippen molar-refractivity contribution in [1.29, 1.82) is 0 Å². The predicted molar refractivity (Wildman–Crippen MR) is 184 cm³/mol. The molecule has 1 aliphatic rings. The minimum absolute atomic E-state index is 0.193. The molecular formula is C40H40N4. The summed E-state index contributed by atoms with van der Waals surface area (Å²) in [7, 11) is 0. The minimum Gasteiger partial charge on any atom is -0.309 e. The molecule has 220 valence electrons. The lowest BCUT2D eigenvalue weighted by Crippen LogP contribution is -2.08. The molecule has 0 bridgehead atoms. The maximum atomic E-state index is 4.75. The van der Waals surface area contributed by atoms with E-state index in [2.05, 4.69) is 152 Å². The van der Waals surface area contributed by atoms with E-state index in [9.17, 15) is 0 Å². The first-order chi connectivity index (χ1) is 21.6. The number of para-hydroxylation sites is 1. The summed E-state index contributed by atoms with van der Waals surface area (Å²) >= 11 is 0. The fourth-order valence-corrected chi connectivity index (χ4v) is 6.51. The van der Waals surface area contributed by atoms with Gasteiger partial charge in [0, 0.05) is 33.6 Å². The third-order valence-corrected chi connectivity index (χ3v) is 9.57. The molecular weight excluding hydrogens is 536 g/mol. The molecule has 0 radical (unpaired) electrons. The molecule has 4 nitrogen and oxygen atoms in total. The van der Waals surface area contributed by atoms with Gasteiger partial charge < -0.3 is 4.57 Å². The molecule has 2 heterocycles. The van der Waals surface area contributed by atoms with Gasteiger partial charge in [-0.05, 0) is 103 Å². The normalized spacial score (nSPS) is 16.1. The molecule has 4 aromatic carbocycles. The first-order valence-electron chi connectivity index (χ1n) is 16.1. The maximum absolute atomic E-state index is 4.75. The molecule has 0 saturated heterocycles. The molecule has 44 heavy (non-hydrogen) atoms. The van der Waals surface area contributed by atoms with E-state index in [1.807, 2.05) is 0 Å².